The molecular weight excluding hydrogens is 350 g/mol. The van der Waals surface area contributed by atoms with Crippen LogP contribution >= 0.6 is 15.9 Å². The summed E-state index contributed by atoms with van der Waals surface area (Å²) < 4.78 is 1.12. The Kier molecular flexibility index (Phi) is 6.46. The van der Waals surface area contributed by atoms with Gasteiger partial charge >= 0.3 is 0 Å². The molecule has 0 aromatic heterocycles. The quantitative estimate of drug-likeness (QED) is 0.707. The van der Waals surface area contributed by atoms with Crippen LogP contribution in [0.15, 0.2) is 51.6 Å². The lowest BCUT2D eigenvalue weighted by molar-refractivity contribution is 0.744. The molecule has 1 aromatic carbocycles. The van der Waals surface area contributed by atoms with Gasteiger partial charge in [-0.25, -0.2) is 4.99 Å². The second-order valence-corrected chi connectivity index (χ2v) is 6.79. The Hall–Kier alpha value is -1.55. The van der Waals surface area contributed by atoms with Crippen molar-refractivity contribution >= 4 is 27.5 Å². The minimum atomic E-state index is 0.672. The highest BCUT2D eigenvalue weighted by Crippen LogP contribution is 2.28. The van der Waals surface area contributed by atoms with E-state index in [2.05, 4.69) is 70.5 Å². The van der Waals surface area contributed by atoms with Crippen molar-refractivity contribution in [3.63, 3.8) is 0 Å². The van der Waals surface area contributed by atoms with E-state index in [1.165, 1.54) is 11.3 Å². The van der Waals surface area contributed by atoms with Crippen molar-refractivity contribution < 1.29 is 0 Å². The molecule has 3 nitrogen and oxygen atoms in total. The van der Waals surface area contributed by atoms with Gasteiger partial charge in [0.2, 0.25) is 0 Å². The molecule has 0 unspecified atom stereocenters. The number of amidine groups is 1. The summed E-state index contributed by atoms with van der Waals surface area (Å²) in [5, 5.41) is 0. The number of rotatable bonds is 8. The minimum Gasteiger partial charge on any atom is -0.387 e. The Balaban J connectivity index is 2.18. The van der Waals surface area contributed by atoms with Crippen molar-refractivity contribution in [3.8, 4) is 0 Å². The van der Waals surface area contributed by atoms with Gasteiger partial charge in [-0.05, 0) is 42.2 Å². The van der Waals surface area contributed by atoms with E-state index in [9.17, 15) is 0 Å². The maximum Gasteiger partial charge on any atom is 0.103 e. The minimum absolute atomic E-state index is 0.672. The molecule has 23 heavy (non-hydrogen) atoms. The van der Waals surface area contributed by atoms with Crippen LogP contribution in [0.1, 0.15) is 38.7 Å². The van der Waals surface area contributed by atoms with Gasteiger partial charge in [-0.15, -0.1) is 0 Å². The van der Waals surface area contributed by atoms with Crippen LogP contribution in [0.5, 0.6) is 0 Å². The molecule has 1 aliphatic rings. The van der Waals surface area contributed by atoms with Crippen molar-refractivity contribution in [1.82, 2.24) is 0 Å². The number of nitrogens with zero attached hydrogens (tertiary/aromatic N) is 2. The standard InChI is InChI=1S/C19H26BrN3/c1-4-10-23(11-5-2)16-6-7-17(20)15(13-16)12-14(3)18-8-9-19(21)22-18/h6-8,13H,3-5,9-12H2,1-2H3,(H2,21,22). The van der Waals surface area contributed by atoms with E-state index in [-0.39, 0.29) is 0 Å². The van der Waals surface area contributed by atoms with E-state index in [0.29, 0.717) is 5.84 Å². The van der Waals surface area contributed by atoms with E-state index in [1.807, 2.05) is 0 Å². The number of aliphatic imine (C=N–C) groups is 1. The van der Waals surface area contributed by atoms with Crippen molar-refractivity contribution in [1.29, 1.82) is 0 Å². The third-order valence-corrected chi connectivity index (χ3v) is 4.69. The van der Waals surface area contributed by atoms with E-state index >= 15 is 0 Å². The number of hydrogen-bond donors (Lipinski definition) is 1. The maximum absolute atomic E-state index is 5.76. The van der Waals surface area contributed by atoms with Crippen LogP contribution in [0.2, 0.25) is 0 Å². The molecule has 0 saturated carbocycles. The molecule has 0 saturated heterocycles. The highest BCUT2D eigenvalue weighted by atomic mass is 79.9. The summed E-state index contributed by atoms with van der Waals surface area (Å²) in [5.41, 5.74) is 10.2. The third-order valence-electron chi connectivity index (χ3n) is 3.92. The van der Waals surface area contributed by atoms with Crippen LogP contribution in [0.3, 0.4) is 0 Å². The molecule has 0 amide bonds. The van der Waals surface area contributed by atoms with Gasteiger partial charge in [0.05, 0.1) is 5.70 Å². The molecule has 0 radical (unpaired) electrons. The monoisotopic (exact) mass is 375 g/mol. The number of nitrogens with two attached hydrogens (primary N) is 1. The average molecular weight is 376 g/mol. The lowest BCUT2D eigenvalue weighted by Crippen LogP contribution is -2.24. The highest BCUT2D eigenvalue weighted by Gasteiger charge is 2.13. The molecule has 2 N–H and O–H groups in total. The van der Waals surface area contributed by atoms with Crippen LogP contribution < -0.4 is 10.6 Å². The zero-order valence-electron chi connectivity index (χ0n) is 14.1. The van der Waals surface area contributed by atoms with Gasteiger partial charge in [0.15, 0.2) is 0 Å². The lowest BCUT2D eigenvalue weighted by Gasteiger charge is -2.25. The van der Waals surface area contributed by atoms with Crippen molar-refractivity contribution in [3.05, 3.63) is 52.2 Å². The van der Waals surface area contributed by atoms with Crippen LogP contribution in [0.4, 0.5) is 5.69 Å². The molecule has 1 heterocycles. The van der Waals surface area contributed by atoms with Crippen molar-refractivity contribution in [2.24, 2.45) is 10.7 Å². The molecular formula is C19H26BrN3. The maximum atomic E-state index is 5.76. The van der Waals surface area contributed by atoms with Gasteiger partial charge in [-0.2, -0.15) is 0 Å². The fourth-order valence-electron chi connectivity index (χ4n) is 2.79. The van der Waals surface area contributed by atoms with Crippen LogP contribution in [0.25, 0.3) is 0 Å². The zero-order chi connectivity index (χ0) is 16.8. The average Bonchev–Trinajstić information content (AvgIpc) is 2.96. The molecule has 0 atom stereocenters. The Labute approximate surface area is 148 Å². The van der Waals surface area contributed by atoms with Gasteiger partial charge in [0.1, 0.15) is 5.84 Å². The molecule has 2 rings (SSSR count). The van der Waals surface area contributed by atoms with Gasteiger partial charge in [-0.1, -0.05) is 42.4 Å². The zero-order valence-corrected chi connectivity index (χ0v) is 15.7. The van der Waals surface area contributed by atoms with Gasteiger partial charge in [0.25, 0.3) is 0 Å². The van der Waals surface area contributed by atoms with Gasteiger partial charge in [0, 0.05) is 36.1 Å². The number of anilines is 1. The second kappa shape index (κ2) is 8.34. The second-order valence-electron chi connectivity index (χ2n) is 5.94. The topological polar surface area (TPSA) is 41.6 Å². The first kappa shape index (κ1) is 17.8. The lowest BCUT2D eigenvalue weighted by atomic mass is 10.0. The summed E-state index contributed by atoms with van der Waals surface area (Å²) in [7, 11) is 0. The largest absolute Gasteiger partial charge is 0.387 e. The Bertz CT molecular complexity index is 626. The molecule has 0 spiro atoms. The fraction of sp³-hybridized carbons (Fsp3) is 0.421. The van der Waals surface area contributed by atoms with Crippen molar-refractivity contribution in [2.45, 2.75) is 39.5 Å². The van der Waals surface area contributed by atoms with E-state index in [0.717, 1.165) is 54.5 Å². The summed E-state index contributed by atoms with van der Waals surface area (Å²) >= 11 is 3.67. The fourth-order valence-corrected chi connectivity index (χ4v) is 3.18. The first-order chi connectivity index (χ1) is 11.0. The van der Waals surface area contributed by atoms with E-state index < -0.39 is 0 Å². The Morgan fingerprint density at radius 1 is 1.30 bits per heavy atom. The molecule has 0 fully saturated rings. The smallest absolute Gasteiger partial charge is 0.103 e. The highest BCUT2D eigenvalue weighted by molar-refractivity contribution is 9.10. The first-order valence-corrected chi connectivity index (χ1v) is 9.09. The molecule has 124 valence electrons. The van der Waals surface area contributed by atoms with Gasteiger partial charge in [-0.3, -0.25) is 0 Å². The number of halogens is 1. The van der Waals surface area contributed by atoms with E-state index in [4.69, 9.17) is 5.73 Å². The summed E-state index contributed by atoms with van der Waals surface area (Å²) in [6.45, 7) is 10.8. The van der Waals surface area contributed by atoms with Gasteiger partial charge < -0.3 is 10.6 Å². The first-order valence-electron chi connectivity index (χ1n) is 8.29. The predicted octanol–water partition coefficient (Wildman–Crippen LogP) is 4.82. The molecule has 0 bridgehead atoms. The molecule has 1 aromatic rings. The summed E-state index contributed by atoms with van der Waals surface area (Å²) in [6.07, 6.45) is 5.87. The SMILES string of the molecule is C=C(Cc1cc(N(CCC)CCC)ccc1Br)C1=CCC(N)=N1. The van der Waals surface area contributed by atoms with Crippen LogP contribution in [-0.4, -0.2) is 18.9 Å². The van der Waals surface area contributed by atoms with Crippen LogP contribution in [0, 0.1) is 0 Å². The molecule has 0 aliphatic carbocycles. The third kappa shape index (κ3) is 4.71. The number of benzene rings is 1. The summed E-state index contributed by atoms with van der Waals surface area (Å²) in [6, 6.07) is 6.59. The van der Waals surface area contributed by atoms with Crippen molar-refractivity contribution in [2.75, 3.05) is 18.0 Å². The Morgan fingerprint density at radius 2 is 2.00 bits per heavy atom. The number of hydrogen-bond acceptors (Lipinski definition) is 3. The summed E-state index contributed by atoms with van der Waals surface area (Å²) in [5.74, 6) is 0.672. The molecule has 4 heteroatoms. The Morgan fingerprint density at radius 3 is 2.57 bits per heavy atom. The summed E-state index contributed by atoms with van der Waals surface area (Å²) in [4.78, 5) is 6.81. The van der Waals surface area contributed by atoms with Crippen LogP contribution in [-0.2, 0) is 6.42 Å². The normalized spacial score (nSPS) is 13.7. The molecule has 1 aliphatic heterocycles. The van der Waals surface area contributed by atoms with E-state index in [1.54, 1.807) is 0 Å². The predicted molar refractivity (Wildman–Crippen MR) is 104 cm³/mol. The number of allylic oxidation sites excluding steroid dienone is 1.